The van der Waals surface area contributed by atoms with Gasteiger partial charge in [-0.1, -0.05) is 20.4 Å². The third-order valence-corrected chi connectivity index (χ3v) is 3.69. The molecule has 0 bridgehead atoms. The molecule has 0 aromatic carbocycles. The quantitative estimate of drug-likeness (QED) is 0.806. The first-order chi connectivity index (χ1) is 11.0. The molecule has 0 atom stereocenters. The largest absolute Gasteiger partial charge is 0.384 e. The molecule has 4 heteroatoms. The molecule has 0 spiro atoms. The number of hydrogen-bond donors (Lipinski definition) is 2. The lowest BCUT2D eigenvalue weighted by molar-refractivity contribution is 0.824. The van der Waals surface area contributed by atoms with Crippen molar-refractivity contribution in [2.24, 2.45) is 0 Å². The highest BCUT2D eigenvalue weighted by molar-refractivity contribution is 5.78. The maximum absolute atomic E-state index is 4.80. The monoisotopic (exact) mass is 310 g/mol. The molecule has 0 radical (unpaired) electrons. The average Bonchev–Trinajstić information content (AvgIpc) is 2.54. The fourth-order valence-corrected chi connectivity index (χ4v) is 2.46. The van der Waals surface area contributed by atoms with E-state index in [0.29, 0.717) is 5.92 Å². The zero-order valence-corrected chi connectivity index (χ0v) is 14.7. The number of nitrogens with zero attached hydrogens (tertiary/aromatic N) is 2. The number of aromatic nitrogens is 2. The minimum Gasteiger partial charge on any atom is -0.384 e. The standard InChI is InChI=1S/C19H26N4/c1-7-21-17-11-10-16(22-18(17)13(4)5)14-8-9-15(12(2)3)23-19(14)20-6/h8-12,21H,4,7H2,1-3,5-6H3,(H,20,23). The third kappa shape index (κ3) is 3.70. The summed E-state index contributed by atoms with van der Waals surface area (Å²) in [6.07, 6.45) is 0. The number of pyridine rings is 2. The summed E-state index contributed by atoms with van der Waals surface area (Å²) in [5.74, 6) is 1.25. The Morgan fingerprint density at radius 1 is 1.17 bits per heavy atom. The van der Waals surface area contributed by atoms with Crippen LogP contribution < -0.4 is 10.6 Å². The molecule has 0 fully saturated rings. The van der Waals surface area contributed by atoms with Crippen LogP contribution in [0, 0.1) is 0 Å². The van der Waals surface area contributed by atoms with Gasteiger partial charge in [-0.05, 0) is 49.6 Å². The number of allylic oxidation sites excluding steroid dienone is 1. The predicted molar refractivity (Wildman–Crippen MR) is 100.0 cm³/mol. The zero-order valence-electron chi connectivity index (χ0n) is 14.7. The van der Waals surface area contributed by atoms with E-state index in [0.717, 1.165) is 46.3 Å². The Hall–Kier alpha value is -2.36. The highest BCUT2D eigenvalue weighted by Gasteiger charge is 2.13. The van der Waals surface area contributed by atoms with Crippen LogP contribution in [0.2, 0.25) is 0 Å². The number of anilines is 2. The lowest BCUT2D eigenvalue weighted by Crippen LogP contribution is -2.04. The third-order valence-electron chi connectivity index (χ3n) is 3.69. The fourth-order valence-electron chi connectivity index (χ4n) is 2.46. The van der Waals surface area contributed by atoms with E-state index < -0.39 is 0 Å². The molecular weight excluding hydrogens is 284 g/mol. The van der Waals surface area contributed by atoms with Crippen LogP contribution >= 0.6 is 0 Å². The van der Waals surface area contributed by atoms with Gasteiger partial charge in [0, 0.05) is 24.8 Å². The van der Waals surface area contributed by atoms with Crippen LogP contribution in [0.3, 0.4) is 0 Å². The van der Waals surface area contributed by atoms with Crippen molar-refractivity contribution < 1.29 is 0 Å². The first-order valence-corrected chi connectivity index (χ1v) is 8.07. The molecule has 23 heavy (non-hydrogen) atoms. The summed E-state index contributed by atoms with van der Waals surface area (Å²) in [6, 6.07) is 8.25. The highest BCUT2D eigenvalue weighted by atomic mass is 15.0. The molecule has 0 amide bonds. The summed E-state index contributed by atoms with van der Waals surface area (Å²) in [6.45, 7) is 13.2. The Balaban J connectivity index is 2.53. The molecule has 2 rings (SSSR count). The molecule has 122 valence electrons. The van der Waals surface area contributed by atoms with Gasteiger partial charge in [-0.3, -0.25) is 0 Å². The summed E-state index contributed by atoms with van der Waals surface area (Å²) in [5.41, 5.74) is 5.84. The summed E-state index contributed by atoms with van der Waals surface area (Å²) in [4.78, 5) is 9.51. The second-order valence-electron chi connectivity index (χ2n) is 5.94. The fraction of sp³-hybridized carbons (Fsp3) is 0.368. The van der Waals surface area contributed by atoms with E-state index in [1.165, 1.54) is 0 Å². The normalized spacial score (nSPS) is 10.7. The van der Waals surface area contributed by atoms with Gasteiger partial charge >= 0.3 is 0 Å². The van der Waals surface area contributed by atoms with E-state index in [9.17, 15) is 0 Å². The number of nitrogens with one attached hydrogen (secondary N) is 2. The van der Waals surface area contributed by atoms with Crippen molar-refractivity contribution in [3.8, 4) is 11.3 Å². The molecule has 0 saturated carbocycles. The zero-order chi connectivity index (χ0) is 17.0. The minimum atomic E-state index is 0.395. The Morgan fingerprint density at radius 2 is 1.91 bits per heavy atom. The summed E-state index contributed by atoms with van der Waals surface area (Å²) in [7, 11) is 1.89. The van der Waals surface area contributed by atoms with Crippen LogP contribution in [0.15, 0.2) is 30.8 Å². The molecule has 2 aromatic heterocycles. The van der Waals surface area contributed by atoms with Crippen LogP contribution in [0.4, 0.5) is 11.5 Å². The van der Waals surface area contributed by atoms with Gasteiger partial charge in [0.15, 0.2) is 0 Å². The van der Waals surface area contributed by atoms with Crippen molar-refractivity contribution in [1.82, 2.24) is 9.97 Å². The SMILES string of the molecule is C=C(C)c1nc(-c2ccc(C(C)C)nc2NC)ccc1NCC. The molecular formula is C19H26N4. The van der Waals surface area contributed by atoms with E-state index >= 15 is 0 Å². The first kappa shape index (κ1) is 17.0. The maximum atomic E-state index is 4.80. The van der Waals surface area contributed by atoms with Crippen LogP contribution in [0.25, 0.3) is 16.8 Å². The topological polar surface area (TPSA) is 49.8 Å². The molecule has 0 aliphatic heterocycles. The number of hydrogen-bond acceptors (Lipinski definition) is 4. The van der Waals surface area contributed by atoms with Crippen molar-refractivity contribution in [3.05, 3.63) is 42.2 Å². The maximum Gasteiger partial charge on any atom is 0.135 e. The molecule has 0 unspecified atom stereocenters. The van der Waals surface area contributed by atoms with Gasteiger partial charge in [-0.15, -0.1) is 0 Å². The van der Waals surface area contributed by atoms with Crippen LogP contribution in [-0.2, 0) is 0 Å². The van der Waals surface area contributed by atoms with E-state index in [1.807, 2.05) is 20.0 Å². The summed E-state index contributed by atoms with van der Waals surface area (Å²) in [5, 5.41) is 6.52. The second kappa shape index (κ2) is 7.27. The van der Waals surface area contributed by atoms with Gasteiger partial charge in [-0.2, -0.15) is 0 Å². The van der Waals surface area contributed by atoms with E-state index in [1.54, 1.807) is 0 Å². The second-order valence-corrected chi connectivity index (χ2v) is 5.94. The predicted octanol–water partition coefficient (Wildman–Crippen LogP) is 4.77. The average molecular weight is 310 g/mol. The lowest BCUT2D eigenvalue weighted by atomic mass is 10.1. The Kier molecular flexibility index (Phi) is 5.37. The van der Waals surface area contributed by atoms with E-state index in [-0.39, 0.29) is 0 Å². The molecule has 2 heterocycles. The van der Waals surface area contributed by atoms with Crippen LogP contribution in [-0.4, -0.2) is 23.6 Å². The van der Waals surface area contributed by atoms with E-state index in [2.05, 4.69) is 56.2 Å². The van der Waals surface area contributed by atoms with Gasteiger partial charge in [0.25, 0.3) is 0 Å². The molecule has 0 saturated heterocycles. The van der Waals surface area contributed by atoms with Crippen LogP contribution in [0.1, 0.15) is 45.0 Å². The lowest BCUT2D eigenvalue weighted by Gasteiger charge is -2.15. The van der Waals surface area contributed by atoms with Gasteiger partial charge in [0.1, 0.15) is 5.82 Å². The molecule has 0 aliphatic rings. The molecule has 2 aromatic rings. The Bertz CT molecular complexity index is 705. The van der Waals surface area contributed by atoms with Crippen molar-refractivity contribution in [2.75, 3.05) is 24.2 Å². The van der Waals surface area contributed by atoms with Gasteiger partial charge in [0.05, 0.1) is 17.1 Å². The Morgan fingerprint density at radius 3 is 2.48 bits per heavy atom. The summed E-state index contributed by atoms with van der Waals surface area (Å²) < 4.78 is 0. The Labute approximate surface area is 139 Å². The molecule has 4 nitrogen and oxygen atoms in total. The van der Waals surface area contributed by atoms with Crippen molar-refractivity contribution >= 4 is 17.1 Å². The molecule has 0 aliphatic carbocycles. The highest BCUT2D eigenvalue weighted by Crippen LogP contribution is 2.30. The summed E-state index contributed by atoms with van der Waals surface area (Å²) >= 11 is 0. The first-order valence-electron chi connectivity index (χ1n) is 8.07. The van der Waals surface area contributed by atoms with Crippen molar-refractivity contribution in [3.63, 3.8) is 0 Å². The smallest absolute Gasteiger partial charge is 0.135 e. The van der Waals surface area contributed by atoms with Crippen molar-refractivity contribution in [2.45, 2.75) is 33.6 Å². The van der Waals surface area contributed by atoms with Crippen molar-refractivity contribution in [1.29, 1.82) is 0 Å². The van der Waals surface area contributed by atoms with Gasteiger partial charge in [0.2, 0.25) is 0 Å². The molecule has 2 N–H and O–H groups in total. The van der Waals surface area contributed by atoms with Crippen LogP contribution in [0.5, 0.6) is 0 Å². The van der Waals surface area contributed by atoms with Gasteiger partial charge < -0.3 is 10.6 Å². The number of rotatable bonds is 6. The van der Waals surface area contributed by atoms with E-state index in [4.69, 9.17) is 9.97 Å². The van der Waals surface area contributed by atoms with Gasteiger partial charge in [-0.25, -0.2) is 9.97 Å². The minimum absolute atomic E-state index is 0.395.